The van der Waals surface area contributed by atoms with Crippen LogP contribution in [0.5, 0.6) is 0 Å². The molecule has 1 heterocycles. The van der Waals surface area contributed by atoms with Crippen LogP contribution in [0.3, 0.4) is 0 Å². The van der Waals surface area contributed by atoms with Gasteiger partial charge in [-0.05, 0) is 24.3 Å². The third-order valence-electron chi connectivity index (χ3n) is 8.07. The molecule has 0 amide bonds. The first-order chi connectivity index (χ1) is 19.3. The molecule has 0 spiro atoms. The van der Waals surface area contributed by atoms with Crippen molar-refractivity contribution in [1.82, 2.24) is 0 Å². The van der Waals surface area contributed by atoms with E-state index in [0.29, 0.717) is 11.1 Å². The molecule has 2 N–H and O–H groups in total. The van der Waals surface area contributed by atoms with Crippen molar-refractivity contribution in [3.8, 4) is 0 Å². The molecular formula is C33H54O5Sn2. The number of unbranched alkanes of at least 4 members (excludes halogenated alkanes) is 4. The molecule has 1 aliphatic rings. The molecule has 0 radical (unpaired) electrons. The largest absolute Gasteiger partial charge is 0.478 e. The molecule has 2 aromatic rings. The predicted octanol–water partition coefficient (Wildman–Crippen LogP) is 9.85. The molecule has 0 atom stereocenters. The van der Waals surface area contributed by atoms with Crippen LogP contribution in [0.15, 0.2) is 60.7 Å². The van der Waals surface area contributed by atoms with Crippen molar-refractivity contribution in [1.29, 1.82) is 0 Å². The number of hydrogen-bond donors (Lipinski definition) is 2. The molecule has 5 nitrogen and oxygen atoms in total. The minimum Gasteiger partial charge on any atom is -0.478 e. The van der Waals surface area contributed by atoms with E-state index in [-0.39, 0.29) is 0 Å². The number of aromatic carboxylic acids is 2. The van der Waals surface area contributed by atoms with Crippen molar-refractivity contribution in [2.24, 2.45) is 0 Å². The summed E-state index contributed by atoms with van der Waals surface area (Å²) in [6.07, 6.45) is 13.0. The summed E-state index contributed by atoms with van der Waals surface area (Å²) in [5, 5.41) is 16.8. The van der Waals surface area contributed by atoms with E-state index < -0.39 is 41.2 Å². The van der Waals surface area contributed by atoms with E-state index in [1.165, 1.54) is 57.8 Å². The molecule has 1 aliphatic heterocycles. The molecule has 40 heavy (non-hydrogen) atoms. The van der Waals surface area contributed by atoms with Gasteiger partial charge in [-0.1, -0.05) is 36.4 Å². The molecule has 2 aromatic carbocycles. The van der Waals surface area contributed by atoms with E-state index in [1.807, 2.05) is 0 Å². The molecule has 0 saturated carbocycles. The van der Waals surface area contributed by atoms with Gasteiger partial charge in [-0.15, -0.1) is 0 Å². The van der Waals surface area contributed by atoms with Crippen LogP contribution in [0.4, 0.5) is 0 Å². The zero-order valence-electron chi connectivity index (χ0n) is 25.5. The summed E-state index contributed by atoms with van der Waals surface area (Å²) in [6.45, 7) is 10.7. The number of carboxylic acids is 2. The van der Waals surface area contributed by atoms with Crippen LogP contribution in [0.2, 0.25) is 22.2 Å². The Morgan fingerprint density at radius 2 is 1.02 bits per heavy atom. The van der Waals surface area contributed by atoms with Crippen LogP contribution in [0.25, 0.3) is 0 Å². The monoisotopic (exact) mass is 770 g/mol. The van der Waals surface area contributed by atoms with Crippen LogP contribution >= 0.6 is 0 Å². The number of carbonyl (C=O) groups is 2. The fraction of sp³-hybridized carbons (Fsp3) is 0.576. The first kappa shape index (κ1) is 37.0. The van der Waals surface area contributed by atoms with Crippen molar-refractivity contribution in [3.05, 3.63) is 71.8 Å². The van der Waals surface area contributed by atoms with Crippen LogP contribution in [0, 0.1) is 0 Å². The maximum absolute atomic E-state index is 10.2. The van der Waals surface area contributed by atoms with Crippen LogP contribution in [-0.2, 0) is 3.07 Å². The van der Waals surface area contributed by atoms with Crippen molar-refractivity contribution in [3.63, 3.8) is 0 Å². The number of benzene rings is 2. The maximum atomic E-state index is 10.2. The third-order valence-corrected chi connectivity index (χ3v) is 97.3. The number of hydrogen-bond acceptors (Lipinski definition) is 3. The van der Waals surface area contributed by atoms with Crippen molar-refractivity contribution >= 4 is 41.2 Å². The van der Waals surface area contributed by atoms with Gasteiger partial charge in [0.1, 0.15) is 0 Å². The quantitative estimate of drug-likeness (QED) is 0.187. The average Bonchev–Trinajstić information content (AvgIpc) is 2.99. The van der Waals surface area contributed by atoms with E-state index >= 15 is 0 Å². The molecular weight excluding hydrogens is 714 g/mol. The summed E-state index contributed by atoms with van der Waals surface area (Å²) in [7, 11) is 0. The van der Waals surface area contributed by atoms with Gasteiger partial charge in [-0.25, -0.2) is 9.59 Å². The second-order valence-corrected chi connectivity index (χ2v) is 69.7. The summed E-state index contributed by atoms with van der Waals surface area (Å²) in [6, 6.07) is 16.6. The summed E-state index contributed by atoms with van der Waals surface area (Å²) >= 11 is -4.28. The van der Waals surface area contributed by atoms with Gasteiger partial charge in [0.05, 0.1) is 11.1 Å². The zero-order chi connectivity index (χ0) is 29.7. The minimum absolute atomic E-state index is 0.331. The summed E-state index contributed by atoms with van der Waals surface area (Å²) in [5.41, 5.74) is 0.662. The predicted molar refractivity (Wildman–Crippen MR) is 173 cm³/mol. The van der Waals surface area contributed by atoms with Crippen molar-refractivity contribution in [2.45, 2.75) is 108 Å². The summed E-state index contributed by atoms with van der Waals surface area (Å²) < 4.78 is 15.3. The second kappa shape index (κ2) is 21.6. The number of carboxylic acid groups (broad SMARTS) is 2. The Bertz CT molecular complexity index is 843. The molecule has 0 bridgehead atoms. The first-order valence-corrected chi connectivity index (χ1v) is 37.8. The minimum atomic E-state index is -2.28. The molecule has 1 saturated heterocycles. The molecule has 0 aliphatic carbocycles. The van der Waals surface area contributed by atoms with E-state index in [4.69, 9.17) is 13.3 Å². The zero-order valence-corrected chi connectivity index (χ0v) is 31.2. The van der Waals surface area contributed by atoms with Crippen LogP contribution < -0.4 is 0 Å². The van der Waals surface area contributed by atoms with Gasteiger partial charge in [0.15, 0.2) is 0 Å². The Morgan fingerprint density at radius 3 is 1.35 bits per heavy atom. The standard InChI is InChI=1S/2C7H6O2.4C4H9.C3H6O.2Sn/c2*8-7(9)6-4-2-1-3-5-6;4*1-3-4-2;1-2-3-4;;/h2*1-5H,(H,8,9);4*1,3-4H2,2H3;1-3H2;;/q;;;;;;-1;;+1. The summed E-state index contributed by atoms with van der Waals surface area (Å²) in [4.78, 5) is 20.4. The molecule has 0 aromatic heterocycles. The molecule has 7 heteroatoms. The third kappa shape index (κ3) is 12.8. The molecule has 224 valence electrons. The second-order valence-electron chi connectivity index (χ2n) is 11.0. The first-order valence-electron chi connectivity index (χ1n) is 15.5. The SMILES string of the molecule is CCC[CH2][Sn]1([CH2]CCC)[CH2]CC[O][Sn]1([CH2]CCC)[CH2]CCC.O=C(O)c1ccccc1.O=C(O)c1ccccc1. The van der Waals surface area contributed by atoms with Crippen LogP contribution in [0.1, 0.15) is 106 Å². The van der Waals surface area contributed by atoms with Gasteiger partial charge < -0.3 is 10.2 Å². The molecule has 1 fully saturated rings. The van der Waals surface area contributed by atoms with Gasteiger partial charge in [0.25, 0.3) is 0 Å². The smallest absolute Gasteiger partial charge is 0.335 e. The summed E-state index contributed by atoms with van der Waals surface area (Å²) in [5.74, 6) is -1.76. The average molecular weight is 768 g/mol. The van der Waals surface area contributed by atoms with E-state index in [1.54, 1.807) is 82.8 Å². The fourth-order valence-corrected chi connectivity index (χ4v) is 104. The molecule has 0 unspecified atom stereocenters. The Kier molecular flexibility index (Phi) is 20.0. The fourth-order valence-electron chi connectivity index (χ4n) is 5.81. The maximum Gasteiger partial charge on any atom is 0.335 e. The normalized spacial score (nSPS) is 15.1. The van der Waals surface area contributed by atoms with Gasteiger partial charge in [0.2, 0.25) is 0 Å². The van der Waals surface area contributed by atoms with Gasteiger partial charge in [-0.3, -0.25) is 0 Å². The van der Waals surface area contributed by atoms with E-state index in [9.17, 15) is 9.59 Å². The van der Waals surface area contributed by atoms with E-state index in [0.717, 1.165) is 6.61 Å². The van der Waals surface area contributed by atoms with E-state index in [2.05, 4.69) is 27.7 Å². The Labute approximate surface area is 248 Å². The Morgan fingerprint density at radius 1 is 0.650 bits per heavy atom. The van der Waals surface area contributed by atoms with Gasteiger partial charge >= 0.3 is 159 Å². The Balaban J connectivity index is 0.000000361. The van der Waals surface area contributed by atoms with Gasteiger partial charge in [0, 0.05) is 0 Å². The number of rotatable bonds is 14. The van der Waals surface area contributed by atoms with Crippen LogP contribution in [-0.4, -0.2) is 58.0 Å². The Hall–Kier alpha value is -1.06. The van der Waals surface area contributed by atoms with Crippen molar-refractivity contribution < 1.29 is 22.9 Å². The van der Waals surface area contributed by atoms with Gasteiger partial charge in [-0.2, -0.15) is 0 Å². The van der Waals surface area contributed by atoms with Crippen molar-refractivity contribution in [2.75, 3.05) is 6.61 Å². The topological polar surface area (TPSA) is 83.8 Å². The molecule has 3 rings (SSSR count).